The maximum absolute atomic E-state index is 5.89. The van der Waals surface area contributed by atoms with Gasteiger partial charge in [-0.05, 0) is 24.6 Å². The van der Waals surface area contributed by atoms with Crippen molar-refractivity contribution in [1.82, 2.24) is 0 Å². The minimum Gasteiger partial charge on any atom is -0.321 e. The molecule has 64 valence electrons. The fourth-order valence-electron chi connectivity index (χ4n) is 0.985. The summed E-state index contributed by atoms with van der Waals surface area (Å²) in [7, 11) is 0. The maximum Gasteiger partial charge on any atom is 0.0506 e. The summed E-state index contributed by atoms with van der Waals surface area (Å²) in [5.74, 6) is 0. The Hall–Kier alpha value is -0.600. The molecular weight excluding hydrogens is 214 g/mol. The molecule has 1 rings (SSSR count). The molecule has 1 unspecified atom stereocenters. The molecule has 12 heavy (non-hydrogen) atoms. The summed E-state index contributed by atoms with van der Waals surface area (Å²) >= 11 is 3.39. The predicted molar refractivity (Wildman–Crippen MR) is 55.9 cm³/mol. The van der Waals surface area contributed by atoms with Gasteiger partial charge < -0.3 is 5.73 Å². The van der Waals surface area contributed by atoms with Gasteiger partial charge in [-0.2, -0.15) is 0 Å². The van der Waals surface area contributed by atoms with Gasteiger partial charge in [0.1, 0.15) is 0 Å². The molecule has 0 heterocycles. The normalized spacial score (nSPS) is 12.6. The van der Waals surface area contributed by atoms with Crippen LogP contribution in [0.25, 0.3) is 0 Å². The number of rotatable bonds is 2. The minimum absolute atomic E-state index is 0.0532. The molecule has 2 heteroatoms. The second-order valence-electron chi connectivity index (χ2n) is 2.88. The molecule has 0 bridgehead atoms. The van der Waals surface area contributed by atoms with Crippen molar-refractivity contribution in [2.24, 2.45) is 5.73 Å². The number of halogens is 1. The molecule has 0 saturated carbocycles. The lowest BCUT2D eigenvalue weighted by Crippen LogP contribution is -2.10. The van der Waals surface area contributed by atoms with Gasteiger partial charge in [-0.15, -0.1) is 0 Å². The van der Waals surface area contributed by atoms with E-state index in [1.54, 1.807) is 0 Å². The van der Waals surface area contributed by atoms with Gasteiger partial charge in [0.25, 0.3) is 0 Å². The van der Waals surface area contributed by atoms with Crippen LogP contribution in [0, 0.1) is 0 Å². The molecule has 1 nitrogen and oxygen atoms in total. The number of nitrogens with two attached hydrogens (primary N) is 1. The Morgan fingerprint density at radius 2 is 2.25 bits per heavy atom. The molecule has 1 aromatic rings. The summed E-state index contributed by atoms with van der Waals surface area (Å²) in [6, 6.07) is 7.92. The second-order valence-corrected chi connectivity index (χ2v) is 3.79. The highest BCUT2D eigenvalue weighted by molar-refractivity contribution is 9.10. The van der Waals surface area contributed by atoms with E-state index in [0.29, 0.717) is 0 Å². The Morgan fingerprint density at radius 3 is 2.75 bits per heavy atom. The highest BCUT2D eigenvalue weighted by Gasteiger charge is 2.05. The van der Waals surface area contributed by atoms with Crippen LogP contribution in [-0.2, 0) is 0 Å². The van der Waals surface area contributed by atoms with E-state index in [-0.39, 0.29) is 6.04 Å². The van der Waals surface area contributed by atoms with Crippen LogP contribution >= 0.6 is 15.9 Å². The fraction of sp³-hybridized carbons (Fsp3) is 0.200. The van der Waals surface area contributed by atoms with E-state index < -0.39 is 0 Å². The molecule has 2 N–H and O–H groups in total. The van der Waals surface area contributed by atoms with Crippen molar-refractivity contribution < 1.29 is 0 Å². The van der Waals surface area contributed by atoms with Gasteiger partial charge in [-0.3, -0.25) is 0 Å². The van der Waals surface area contributed by atoms with Gasteiger partial charge in [-0.1, -0.05) is 40.2 Å². The lowest BCUT2D eigenvalue weighted by molar-refractivity contribution is 0.850. The molecule has 0 aliphatic heterocycles. The Bertz CT molecular complexity index is 294. The summed E-state index contributed by atoms with van der Waals surface area (Å²) in [4.78, 5) is 0. The van der Waals surface area contributed by atoms with Crippen LogP contribution in [0.3, 0.4) is 0 Å². The van der Waals surface area contributed by atoms with Crippen LogP contribution in [-0.4, -0.2) is 0 Å². The maximum atomic E-state index is 5.89. The van der Waals surface area contributed by atoms with Gasteiger partial charge in [0, 0.05) is 4.47 Å². The van der Waals surface area contributed by atoms with Crippen LogP contribution < -0.4 is 5.73 Å². The third-order valence-corrected chi connectivity index (χ3v) is 2.23. The number of hydrogen-bond donors (Lipinski definition) is 1. The molecule has 0 aliphatic carbocycles. The summed E-state index contributed by atoms with van der Waals surface area (Å²) < 4.78 is 1.05. The molecule has 0 spiro atoms. The first-order valence-electron chi connectivity index (χ1n) is 3.77. The van der Waals surface area contributed by atoms with Crippen molar-refractivity contribution in [1.29, 1.82) is 0 Å². The van der Waals surface area contributed by atoms with E-state index in [4.69, 9.17) is 5.73 Å². The van der Waals surface area contributed by atoms with E-state index in [1.165, 1.54) is 0 Å². The van der Waals surface area contributed by atoms with Gasteiger partial charge >= 0.3 is 0 Å². The molecule has 1 atom stereocenters. The Balaban J connectivity index is 2.95. The smallest absolute Gasteiger partial charge is 0.0506 e. The average molecular weight is 226 g/mol. The van der Waals surface area contributed by atoms with Crippen molar-refractivity contribution in [2.45, 2.75) is 13.0 Å². The van der Waals surface area contributed by atoms with Crippen LogP contribution in [0.1, 0.15) is 18.5 Å². The molecule has 0 amide bonds. The van der Waals surface area contributed by atoms with Crippen molar-refractivity contribution in [2.75, 3.05) is 0 Å². The van der Waals surface area contributed by atoms with Crippen molar-refractivity contribution in [3.8, 4) is 0 Å². The van der Waals surface area contributed by atoms with Gasteiger partial charge in [-0.25, -0.2) is 0 Å². The van der Waals surface area contributed by atoms with Crippen molar-refractivity contribution in [3.05, 3.63) is 46.5 Å². The Labute approximate surface area is 81.4 Å². The lowest BCUT2D eigenvalue weighted by atomic mass is 10.0. The largest absolute Gasteiger partial charge is 0.321 e. The molecule has 1 aromatic carbocycles. The second kappa shape index (κ2) is 3.87. The highest BCUT2D eigenvalue weighted by Crippen LogP contribution is 2.20. The van der Waals surface area contributed by atoms with Crippen LogP contribution in [0.2, 0.25) is 0 Å². The topological polar surface area (TPSA) is 26.0 Å². The SMILES string of the molecule is C=C(C)C(N)c1cccc(Br)c1. The first-order chi connectivity index (χ1) is 5.61. The Kier molecular flexibility index (Phi) is 3.06. The van der Waals surface area contributed by atoms with Gasteiger partial charge in [0.05, 0.1) is 6.04 Å². The van der Waals surface area contributed by atoms with Gasteiger partial charge in [0.15, 0.2) is 0 Å². The molecule has 0 aromatic heterocycles. The number of hydrogen-bond acceptors (Lipinski definition) is 1. The first-order valence-corrected chi connectivity index (χ1v) is 4.57. The zero-order valence-corrected chi connectivity index (χ0v) is 8.64. The standard InChI is InChI=1S/C10H12BrN/c1-7(2)10(12)8-4-3-5-9(11)6-8/h3-6,10H,1,12H2,2H3. The highest BCUT2D eigenvalue weighted by atomic mass is 79.9. The fourth-order valence-corrected chi connectivity index (χ4v) is 1.40. The van der Waals surface area contributed by atoms with Crippen LogP contribution in [0.15, 0.2) is 40.9 Å². The van der Waals surface area contributed by atoms with Crippen LogP contribution in [0.4, 0.5) is 0 Å². The summed E-state index contributed by atoms with van der Waals surface area (Å²) in [6.45, 7) is 5.76. The predicted octanol–water partition coefficient (Wildman–Crippen LogP) is 3.03. The summed E-state index contributed by atoms with van der Waals surface area (Å²) in [5.41, 5.74) is 7.96. The number of benzene rings is 1. The zero-order valence-electron chi connectivity index (χ0n) is 7.05. The van der Waals surface area contributed by atoms with E-state index in [9.17, 15) is 0 Å². The Morgan fingerprint density at radius 1 is 1.58 bits per heavy atom. The molecule has 0 radical (unpaired) electrons. The first kappa shape index (κ1) is 9.49. The van der Waals surface area contributed by atoms with Gasteiger partial charge in [0.2, 0.25) is 0 Å². The van der Waals surface area contributed by atoms with Crippen molar-refractivity contribution >= 4 is 15.9 Å². The van der Waals surface area contributed by atoms with E-state index >= 15 is 0 Å². The summed E-state index contributed by atoms with van der Waals surface area (Å²) in [5, 5.41) is 0. The lowest BCUT2D eigenvalue weighted by Gasteiger charge is -2.11. The van der Waals surface area contributed by atoms with E-state index in [1.807, 2.05) is 31.2 Å². The molecule has 0 saturated heterocycles. The van der Waals surface area contributed by atoms with Crippen LogP contribution in [0.5, 0.6) is 0 Å². The molecular formula is C10H12BrN. The zero-order chi connectivity index (χ0) is 9.14. The van der Waals surface area contributed by atoms with Crippen molar-refractivity contribution in [3.63, 3.8) is 0 Å². The minimum atomic E-state index is -0.0532. The molecule has 0 aliphatic rings. The monoisotopic (exact) mass is 225 g/mol. The van der Waals surface area contributed by atoms with E-state index in [0.717, 1.165) is 15.6 Å². The summed E-state index contributed by atoms with van der Waals surface area (Å²) in [6.07, 6.45) is 0. The average Bonchev–Trinajstić information content (AvgIpc) is 2.03. The third kappa shape index (κ3) is 2.19. The van der Waals surface area contributed by atoms with E-state index in [2.05, 4.69) is 22.5 Å². The quantitative estimate of drug-likeness (QED) is 0.770. The molecule has 0 fully saturated rings. The third-order valence-electron chi connectivity index (χ3n) is 1.74.